The van der Waals surface area contributed by atoms with E-state index in [4.69, 9.17) is 9.47 Å². The van der Waals surface area contributed by atoms with Gasteiger partial charge in [-0.15, -0.1) is 24.0 Å². The summed E-state index contributed by atoms with van der Waals surface area (Å²) < 4.78 is 24.8. The molecule has 2 atom stereocenters. The largest absolute Gasteiger partial charge is 0.489 e. The third-order valence-electron chi connectivity index (χ3n) is 4.11. The molecule has 1 fully saturated rings. The molecule has 0 bridgehead atoms. The Morgan fingerprint density at radius 1 is 1.46 bits per heavy atom. The second kappa shape index (κ2) is 12.3. The predicted molar refractivity (Wildman–Crippen MR) is 113 cm³/mol. The smallest absolute Gasteiger partial charge is 0.191 e. The molecule has 8 heteroatoms. The van der Waals surface area contributed by atoms with Crippen LogP contribution in [0.1, 0.15) is 13.3 Å². The number of aliphatic imine (C=N–C) groups is 1. The lowest BCUT2D eigenvalue weighted by atomic mass is 10.2. The van der Waals surface area contributed by atoms with Crippen LogP contribution in [0.15, 0.2) is 29.3 Å². The number of benzene rings is 1. The normalized spacial score (nSPS) is 19.4. The Balaban J connectivity index is 0.00000338. The monoisotopic (exact) mass is 480 g/mol. The third-order valence-corrected chi connectivity index (χ3v) is 4.11. The van der Waals surface area contributed by atoms with Crippen molar-refractivity contribution >= 4 is 29.9 Å². The van der Waals surface area contributed by atoms with E-state index in [1.165, 1.54) is 12.1 Å². The molecule has 1 aromatic rings. The van der Waals surface area contributed by atoms with Crippen LogP contribution in [0.3, 0.4) is 0 Å². The van der Waals surface area contributed by atoms with Gasteiger partial charge in [-0.1, -0.05) is 13.0 Å². The minimum absolute atomic E-state index is 0. The van der Waals surface area contributed by atoms with E-state index in [-0.39, 0.29) is 42.0 Å². The first-order valence-electron chi connectivity index (χ1n) is 8.77. The lowest BCUT2D eigenvalue weighted by Gasteiger charge is -2.30. The summed E-state index contributed by atoms with van der Waals surface area (Å²) in [5, 5.41) is 6.54. The van der Waals surface area contributed by atoms with Crippen LogP contribution in [0.25, 0.3) is 0 Å². The highest BCUT2D eigenvalue weighted by molar-refractivity contribution is 14.0. The average Bonchev–Trinajstić information content (AvgIpc) is 2.61. The Bertz CT molecular complexity index is 562. The SMILES string of the molecule is CCC(CNC(=NC)NCC1CN(C)CCO1)Oc1cccc(F)c1.I. The second-order valence-corrected chi connectivity index (χ2v) is 6.19. The van der Waals surface area contributed by atoms with Crippen molar-refractivity contribution in [1.29, 1.82) is 0 Å². The summed E-state index contributed by atoms with van der Waals surface area (Å²) in [5.74, 6) is 0.948. The minimum Gasteiger partial charge on any atom is -0.489 e. The molecule has 1 heterocycles. The fourth-order valence-electron chi connectivity index (χ4n) is 2.63. The van der Waals surface area contributed by atoms with Crippen LogP contribution in [0.2, 0.25) is 0 Å². The maximum atomic E-state index is 13.3. The molecule has 1 saturated heterocycles. The molecule has 0 saturated carbocycles. The van der Waals surface area contributed by atoms with Crippen molar-refractivity contribution in [2.75, 3.05) is 46.9 Å². The topological polar surface area (TPSA) is 58.1 Å². The van der Waals surface area contributed by atoms with Gasteiger partial charge in [-0.05, 0) is 25.6 Å². The molecule has 148 valence electrons. The molecule has 0 amide bonds. The number of nitrogens with one attached hydrogen (secondary N) is 2. The highest BCUT2D eigenvalue weighted by Crippen LogP contribution is 2.14. The fraction of sp³-hybridized carbons (Fsp3) is 0.611. The van der Waals surface area contributed by atoms with Gasteiger partial charge in [-0.3, -0.25) is 4.99 Å². The van der Waals surface area contributed by atoms with E-state index in [0.717, 1.165) is 26.1 Å². The number of hydrogen-bond donors (Lipinski definition) is 2. The van der Waals surface area contributed by atoms with Crippen LogP contribution in [0, 0.1) is 5.82 Å². The molecule has 6 nitrogen and oxygen atoms in total. The van der Waals surface area contributed by atoms with Crippen molar-refractivity contribution < 1.29 is 13.9 Å². The Kier molecular flexibility index (Phi) is 10.8. The van der Waals surface area contributed by atoms with Crippen LogP contribution < -0.4 is 15.4 Å². The number of nitrogens with zero attached hydrogens (tertiary/aromatic N) is 2. The first-order valence-corrected chi connectivity index (χ1v) is 8.77. The lowest BCUT2D eigenvalue weighted by molar-refractivity contribution is -0.0161. The minimum atomic E-state index is -0.296. The Morgan fingerprint density at radius 3 is 2.92 bits per heavy atom. The van der Waals surface area contributed by atoms with Gasteiger partial charge in [0.05, 0.1) is 19.3 Å². The molecule has 2 N–H and O–H groups in total. The molecule has 1 aliphatic heterocycles. The summed E-state index contributed by atoms with van der Waals surface area (Å²) in [6, 6.07) is 6.21. The summed E-state index contributed by atoms with van der Waals surface area (Å²) in [6.45, 7) is 5.95. The Labute approximate surface area is 172 Å². The van der Waals surface area contributed by atoms with E-state index in [2.05, 4.69) is 27.6 Å². The first kappa shape index (κ1) is 22.9. The zero-order chi connectivity index (χ0) is 18.1. The lowest BCUT2D eigenvalue weighted by Crippen LogP contribution is -2.49. The molecule has 1 aromatic carbocycles. The number of rotatable bonds is 7. The van der Waals surface area contributed by atoms with Crippen molar-refractivity contribution in [3.63, 3.8) is 0 Å². The molecule has 0 aromatic heterocycles. The van der Waals surface area contributed by atoms with Crippen LogP contribution >= 0.6 is 24.0 Å². The van der Waals surface area contributed by atoms with Crippen molar-refractivity contribution in [3.8, 4) is 5.75 Å². The molecular formula is C18H30FIN4O2. The number of ether oxygens (including phenoxy) is 2. The van der Waals surface area contributed by atoms with Crippen LogP contribution in [-0.2, 0) is 4.74 Å². The summed E-state index contributed by atoms with van der Waals surface area (Å²) in [6.07, 6.45) is 0.886. The van der Waals surface area contributed by atoms with Crippen molar-refractivity contribution in [2.24, 2.45) is 4.99 Å². The molecule has 0 spiro atoms. The quantitative estimate of drug-likeness (QED) is 0.356. The van der Waals surface area contributed by atoms with E-state index in [0.29, 0.717) is 24.8 Å². The van der Waals surface area contributed by atoms with Crippen molar-refractivity contribution in [3.05, 3.63) is 30.1 Å². The van der Waals surface area contributed by atoms with Gasteiger partial charge in [0.15, 0.2) is 5.96 Å². The summed E-state index contributed by atoms with van der Waals surface area (Å²) in [5.41, 5.74) is 0. The van der Waals surface area contributed by atoms with E-state index in [1.54, 1.807) is 19.2 Å². The van der Waals surface area contributed by atoms with Gasteiger partial charge in [-0.2, -0.15) is 0 Å². The second-order valence-electron chi connectivity index (χ2n) is 6.19. The number of guanidine groups is 1. The van der Waals surface area contributed by atoms with Gasteiger partial charge < -0.3 is 25.0 Å². The van der Waals surface area contributed by atoms with Gasteiger partial charge >= 0.3 is 0 Å². The van der Waals surface area contributed by atoms with Gasteiger partial charge in [0.1, 0.15) is 17.7 Å². The standard InChI is InChI=1S/C18H29FN4O2.HI/c1-4-15(25-16-7-5-6-14(19)10-16)11-21-18(20-2)22-12-17-13-23(3)8-9-24-17;/h5-7,10,15,17H,4,8-9,11-13H2,1-3H3,(H2,20,21,22);1H. The van der Waals surface area contributed by atoms with E-state index < -0.39 is 0 Å². The maximum Gasteiger partial charge on any atom is 0.191 e. The number of hydrogen-bond acceptors (Lipinski definition) is 4. The molecular weight excluding hydrogens is 450 g/mol. The predicted octanol–water partition coefficient (Wildman–Crippen LogP) is 2.10. The summed E-state index contributed by atoms with van der Waals surface area (Å²) >= 11 is 0. The molecule has 2 rings (SSSR count). The van der Waals surface area contributed by atoms with Gasteiger partial charge in [0.25, 0.3) is 0 Å². The molecule has 1 aliphatic rings. The molecule has 26 heavy (non-hydrogen) atoms. The third kappa shape index (κ3) is 8.05. The number of morpholine rings is 1. The zero-order valence-electron chi connectivity index (χ0n) is 15.7. The molecule has 2 unspecified atom stereocenters. The number of halogens is 2. The highest BCUT2D eigenvalue weighted by Gasteiger charge is 2.18. The Hall–Kier alpha value is -1.13. The van der Waals surface area contributed by atoms with Gasteiger partial charge in [-0.25, -0.2) is 4.39 Å². The van der Waals surface area contributed by atoms with Gasteiger partial charge in [0, 0.05) is 32.7 Å². The van der Waals surface area contributed by atoms with E-state index in [9.17, 15) is 4.39 Å². The number of likely N-dealkylation sites (N-methyl/N-ethyl adjacent to an activating group) is 1. The van der Waals surface area contributed by atoms with E-state index >= 15 is 0 Å². The average molecular weight is 480 g/mol. The summed E-state index contributed by atoms with van der Waals surface area (Å²) in [4.78, 5) is 6.48. The fourth-order valence-corrected chi connectivity index (χ4v) is 2.63. The summed E-state index contributed by atoms with van der Waals surface area (Å²) in [7, 11) is 3.83. The van der Waals surface area contributed by atoms with Crippen LogP contribution in [0.5, 0.6) is 5.75 Å². The van der Waals surface area contributed by atoms with E-state index in [1.807, 2.05) is 6.92 Å². The van der Waals surface area contributed by atoms with Crippen molar-refractivity contribution in [2.45, 2.75) is 25.6 Å². The zero-order valence-corrected chi connectivity index (χ0v) is 18.0. The van der Waals surface area contributed by atoms with Crippen molar-refractivity contribution in [1.82, 2.24) is 15.5 Å². The van der Waals surface area contributed by atoms with Gasteiger partial charge in [0.2, 0.25) is 0 Å². The van der Waals surface area contributed by atoms with Crippen LogP contribution in [-0.4, -0.2) is 69.9 Å². The Morgan fingerprint density at radius 2 is 2.27 bits per heavy atom. The molecule has 0 aliphatic carbocycles. The van der Waals surface area contributed by atoms with Crippen LogP contribution in [0.4, 0.5) is 4.39 Å². The maximum absolute atomic E-state index is 13.3. The first-order chi connectivity index (χ1) is 12.1. The highest BCUT2D eigenvalue weighted by atomic mass is 127. The molecule has 0 radical (unpaired) electrons.